The molecule has 1 N–H and O–H groups in total. The first-order valence-corrected chi connectivity index (χ1v) is 9.28. The number of carbonyl (C=O) groups is 1. The second-order valence-electron chi connectivity index (χ2n) is 6.30. The van der Waals surface area contributed by atoms with Crippen LogP contribution in [0.1, 0.15) is 25.0 Å². The van der Waals surface area contributed by atoms with Crippen LogP contribution in [0.5, 0.6) is 11.5 Å². The summed E-state index contributed by atoms with van der Waals surface area (Å²) in [4.78, 5) is 14.6. The van der Waals surface area contributed by atoms with Crippen LogP contribution in [0.25, 0.3) is 6.08 Å². The zero-order chi connectivity index (χ0) is 19.9. The van der Waals surface area contributed by atoms with Crippen molar-refractivity contribution in [3.63, 3.8) is 0 Å². The van der Waals surface area contributed by atoms with Gasteiger partial charge in [-0.2, -0.15) is 5.26 Å². The first-order valence-electron chi connectivity index (χ1n) is 9.28. The van der Waals surface area contributed by atoms with E-state index in [9.17, 15) is 10.1 Å². The number of nitrogens with one attached hydrogen (secondary N) is 1. The molecule has 6 heteroatoms. The Bertz CT molecular complexity index is 910. The number of carbonyl (C=O) groups excluding carboxylic acids is 1. The van der Waals surface area contributed by atoms with Crippen molar-refractivity contribution in [3.8, 4) is 17.6 Å². The summed E-state index contributed by atoms with van der Waals surface area (Å²) in [5, 5.41) is 12.2. The number of benzene rings is 2. The smallest absolute Gasteiger partial charge is 0.262 e. The van der Waals surface area contributed by atoms with Crippen molar-refractivity contribution in [2.75, 3.05) is 24.8 Å². The molecular weight excluding hydrogens is 354 g/mol. The van der Waals surface area contributed by atoms with Crippen molar-refractivity contribution in [2.45, 2.75) is 20.4 Å². The Morgan fingerprint density at radius 1 is 1.14 bits per heavy atom. The summed E-state index contributed by atoms with van der Waals surface area (Å²) in [6.45, 7) is 6.58. The molecule has 0 fully saturated rings. The van der Waals surface area contributed by atoms with Crippen LogP contribution in [0.3, 0.4) is 0 Å². The SMILES string of the molecule is CCN(CC)c1ccc(/C=C(\C#N)C(=O)NCc2ccc3c(c2)OCO3)cc1. The Hall–Kier alpha value is -3.46. The third-order valence-corrected chi connectivity index (χ3v) is 4.59. The molecule has 1 aliphatic heterocycles. The van der Waals surface area contributed by atoms with Gasteiger partial charge in [0.25, 0.3) is 5.91 Å². The van der Waals surface area contributed by atoms with E-state index in [0.717, 1.165) is 29.9 Å². The molecule has 2 aromatic carbocycles. The lowest BCUT2D eigenvalue weighted by Crippen LogP contribution is -2.24. The second-order valence-corrected chi connectivity index (χ2v) is 6.30. The van der Waals surface area contributed by atoms with Gasteiger partial charge in [-0.15, -0.1) is 0 Å². The van der Waals surface area contributed by atoms with Gasteiger partial charge in [0.15, 0.2) is 11.5 Å². The molecule has 0 bridgehead atoms. The summed E-state index contributed by atoms with van der Waals surface area (Å²) in [7, 11) is 0. The first-order chi connectivity index (χ1) is 13.6. The molecule has 28 heavy (non-hydrogen) atoms. The van der Waals surface area contributed by atoms with Crippen LogP contribution in [0, 0.1) is 11.3 Å². The Morgan fingerprint density at radius 2 is 1.86 bits per heavy atom. The highest BCUT2D eigenvalue weighted by Gasteiger charge is 2.14. The first kappa shape index (κ1) is 19.3. The van der Waals surface area contributed by atoms with Crippen molar-refractivity contribution < 1.29 is 14.3 Å². The van der Waals surface area contributed by atoms with Gasteiger partial charge >= 0.3 is 0 Å². The van der Waals surface area contributed by atoms with Gasteiger partial charge in [-0.05, 0) is 55.3 Å². The van der Waals surface area contributed by atoms with Gasteiger partial charge in [0.05, 0.1) is 0 Å². The third-order valence-electron chi connectivity index (χ3n) is 4.59. The molecule has 3 rings (SSSR count). The minimum Gasteiger partial charge on any atom is -0.454 e. The summed E-state index contributed by atoms with van der Waals surface area (Å²) in [5.74, 6) is 0.949. The molecule has 0 saturated carbocycles. The Morgan fingerprint density at radius 3 is 2.54 bits per heavy atom. The zero-order valence-electron chi connectivity index (χ0n) is 16.1. The highest BCUT2D eigenvalue weighted by atomic mass is 16.7. The zero-order valence-corrected chi connectivity index (χ0v) is 16.1. The molecular formula is C22H23N3O3. The number of anilines is 1. The molecule has 0 aromatic heterocycles. The summed E-state index contributed by atoms with van der Waals surface area (Å²) >= 11 is 0. The van der Waals surface area contributed by atoms with Gasteiger partial charge in [0.2, 0.25) is 6.79 Å². The number of hydrogen-bond acceptors (Lipinski definition) is 5. The Labute approximate surface area is 165 Å². The van der Waals surface area contributed by atoms with E-state index >= 15 is 0 Å². The number of hydrogen-bond donors (Lipinski definition) is 1. The normalized spacial score (nSPS) is 12.4. The number of ether oxygens (including phenoxy) is 2. The second kappa shape index (κ2) is 8.96. The number of nitriles is 1. The van der Waals surface area contributed by atoms with E-state index in [1.807, 2.05) is 48.5 Å². The minimum atomic E-state index is -0.409. The fraction of sp³-hybridized carbons (Fsp3) is 0.273. The van der Waals surface area contributed by atoms with Crippen LogP contribution in [-0.2, 0) is 11.3 Å². The minimum absolute atomic E-state index is 0.0660. The number of fused-ring (bicyclic) bond motifs is 1. The molecule has 1 amide bonds. The van der Waals surface area contributed by atoms with Gasteiger partial charge in [-0.25, -0.2) is 0 Å². The summed E-state index contributed by atoms with van der Waals surface area (Å²) in [6.07, 6.45) is 1.60. The monoisotopic (exact) mass is 377 g/mol. The van der Waals surface area contributed by atoms with E-state index in [1.54, 1.807) is 6.08 Å². The van der Waals surface area contributed by atoms with Gasteiger partial charge in [0, 0.05) is 25.3 Å². The van der Waals surface area contributed by atoms with Gasteiger partial charge in [-0.1, -0.05) is 18.2 Å². The molecule has 1 aliphatic rings. The van der Waals surface area contributed by atoms with E-state index in [-0.39, 0.29) is 12.4 Å². The topological polar surface area (TPSA) is 74.6 Å². The lowest BCUT2D eigenvalue weighted by Gasteiger charge is -2.20. The molecule has 0 atom stereocenters. The maximum atomic E-state index is 12.4. The molecule has 0 saturated heterocycles. The van der Waals surface area contributed by atoms with Crippen LogP contribution in [0.4, 0.5) is 5.69 Å². The van der Waals surface area contributed by atoms with E-state index in [4.69, 9.17) is 9.47 Å². The van der Waals surface area contributed by atoms with Gasteiger partial charge < -0.3 is 19.7 Å². The quantitative estimate of drug-likeness (QED) is 0.591. The van der Waals surface area contributed by atoms with Crippen LogP contribution in [0.15, 0.2) is 48.0 Å². The Balaban J connectivity index is 1.65. The molecule has 144 valence electrons. The van der Waals surface area contributed by atoms with E-state index in [0.29, 0.717) is 18.0 Å². The molecule has 1 heterocycles. The molecule has 0 aliphatic carbocycles. The van der Waals surface area contributed by atoms with Crippen LogP contribution >= 0.6 is 0 Å². The largest absolute Gasteiger partial charge is 0.454 e. The maximum Gasteiger partial charge on any atom is 0.262 e. The lowest BCUT2D eigenvalue weighted by atomic mass is 10.1. The molecule has 6 nitrogen and oxygen atoms in total. The fourth-order valence-corrected chi connectivity index (χ4v) is 3.01. The highest BCUT2D eigenvalue weighted by Crippen LogP contribution is 2.32. The van der Waals surface area contributed by atoms with E-state index in [2.05, 4.69) is 24.1 Å². The average Bonchev–Trinajstić information content (AvgIpc) is 3.20. The summed E-state index contributed by atoms with van der Waals surface area (Å²) in [6, 6.07) is 15.3. The van der Waals surface area contributed by atoms with Crippen LogP contribution in [0.2, 0.25) is 0 Å². The van der Waals surface area contributed by atoms with Crippen LogP contribution in [-0.4, -0.2) is 25.8 Å². The number of amides is 1. The molecule has 0 unspecified atom stereocenters. The van der Waals surface area contributed by atoms with Crippen molar-refractivity contribution in [3.05, 3.63) is 59.2 Å². The predicted octanol–water partition coefficient (Wildman–Crippen LogP) is 3.48. The van der Waals surface area contributed by atoms with Crippen molar-refractivity contribution in [1.29, 1.82) is 5.26 Å². The Kier molecular flexibility index (Phi) is 6.18. The standard InChI is InChI=1S/C22H23N3O3/c1-3-25(4-2)19-8-5-16(6-9-19)11-18(13-23)22(26)24-14-17-7-10-20-21(12-17)28-15-27-20/h5-12H,3-4,14-15H2,1-2H3,(H,24,26)/b18-11+. The van der Waals surface area contributed by atoms with E-state index < -0.39 is 5.91 Å². The van der Waals surface area contributed by atoms with E-state index in [1.165, 1.54) is 0 Å². The van der Waals surface area contributed by atoms with Gasteiger partial charge in [0.1, 0.15) is 11.6 Å². The summed E-state index contributed by atoms with van der Waals surface area (Å²) < 4.78 is 10.6. The number of nitrogens with zero attached hydrogens (tertiary/aromatic N) is 2. The average molecular weight is 377 g/mol. The predicted molar refractivity (Wildman–Crippen MR) is 108 cm³/mol. The van der Waals surface area contributed by atoms with Crippen molar-refractivity contribution in [2.24, 2.45) is 0 Å². The number of rotatable bonds is 7. The fourth-order valence-electron chi connectivity index (χ4n) is 3.01. The summed E-state index contributed by atoms with van der Waals surface area (Å²) in [5.41, 5.74) is 2.87. The molecule has 2 aromatic rings. The molecule has 0 radical (unpaired) electrons. The van der Waals surface area contributed by atoms with Crippen LogP contribution < -0.4 is 19.7 Å². The third kappa shape index (κ3) is 4.44. The maximum absolute atomic E-state index is 12.4. The van der Waals surface area contributed by atoms with Gasteiger partial charge in [-0.3, -0.25) is 4.79 Å². The highest BCUT2D eigenvalue weighted by molar-refractivity contribution is 6.01. The van der Waals surface area contributed by atoms with Crippen molar-refractivity contribution >= 4 is 17.7 Å². The molecule has 0 spiro atoms. The van der Waals surface area contributed by atoms with Crippen molar-refractivity contribution in [1.82, 2.24) is 5.32 Å². The lowest BCUT2D eigenvalue weighted by molar-refractivity contribution is -0.117.